The molecule has 0 aliphatic rings. The van der Waals surface area contributed by atoms with Crippen LogP contribution >= 0.6 is 34.7 Å². The minimum Gasteiger partial charge on any atom is -0.410 e. The monoisotopic (exact) mass is 480 g/mol. The number of aryl methyl sites for hydroxylation is 2. The fourth-order valence-electron chi connectivity index (χ4n) is 3.50. The molecule has 6 nitrogen and oxygen atoms in total. The lowest BCUT2D eigenvalue weighted by atomic mass is 10.1. The van der Waals surface area contributed by atoms with Crippen molar-refractivity contribution in [2.45, 2.75) is 19.1 Å². The maximum absolute atomic E-state index is 12.4. The number of carbonyl (C=O) groups is 1. The van der Waals surface area contributed by atoms with E-state index >= 15 is 0 Å². The van der Waals surface area contributed by atoms with Crippen molar-refractivity contribution in [3.63, 3.8) is 0 Å². The minimum atomic E-state index is -0.0309. The molecule has 0 aliphatic heterocycles. The molecule has 0 unspecified atom stereocenters. The van der Waals surface area contributed by atoms with Gasteiger partial charge in [-0.3, -0.25) is 4.79 Å². The highest BCUT2D eigenvalue weighted by atomic mass is 35.5. The fraction of sp³-hybridized carbons (Fsp3) is 0.130. The highest BCUT2D eigenvalue weighted by Gasteiger charge is 2.23. The van der Waals surface area contributed by atoms with Crippen LogP contribution in [0.25, 0.3) is 26.7 Å². The third kappa shape index (κ3) is 3.97. The molecule has 5 aromatic rings. The second-order valence-electron chi connectivity index (χ2n) is 7.22. The Morgan fingerprint density at radius 2 is 1.91 bits per heavy atom. The van der Waals surface area contributed by atoms with Gasteiger partial charge in [-0.15, -0.1) is 21.5 Å². The average Bonchev–Trinajstić information content (AvgIpc) is 3.51. The number of hydrogen-bond donors (Lipinski definition) is 0. The lowest BCUT2D eigenvalue weighted by Gasteiger charge is -2.06. The molecule has 0 radical (unpaired) electrons. The summed E-state index contributed by atoms with van der Waals surface area (Å²) < 4.78 is 7.99. The van der Waals surface area contributed by atoms with Crippen molar-refractivity contribution < 1.29 is 9.21 Å². The Balaban J connectivity index is 1.47. The normalized spacial score (nSPS) is 11.3. The molecule has 0 bridgehead atoms. The second kappa shape index (κ2) is 8.54. The van der Waals surface area contributed by atoms with Crippen LogP contribution in [0.1, 0.15) is 21.6 Å². The van der Waals surface area contributed by atoms with E-state index in [-0.39, 0.29) is 11.5 Å². The lowest BCUT2D eigenvalue weighted by Crippen LogP contribution is -2.01. The van der Waals surface area contributed by atoms with Crippen LogP contribution in [-0.2, 0) is 0 Å². The van der Waals surface area contributed by atoms with Crippen molar-refractivity contribution in [3.8, 4) is 16.5 Å². The number of ketones is 1. The van der Waals surface area contributed by atoms with E-state index < -0.39 is 0 Å². The van der Waals surface area contributed by atoms with Gasteiger partial charge < -0.3 is 8.98 Å². The van der Waals surface area contributed by atoms with Gasteiger partial charge in [-0.2, -0.15) is 0 Å². The number of benzene rings is 1. The SMILES string of the molecule is Cc1cc(C)c2c(-n3cccc3)c(-c3nnc(SCC(=O)c4ccc(Cl)cc4)o3)sc2n1. The van der Waals surface area contributed by atoms with Crippen molar-refractivity contribution in [1.82, 2.24) is 19.7 Å². The van der Waals surface area contributed by atoms with Crippen LogP contribution in [0.5, 0.6) is 0 Å². The summed E-state index contributed by atoms with van der Waals surface area (Å²) in [5.74, 6) is 0.576. The number of rotatable bonds is 6. The molecule has 0 saturated carbocycles. The van der Waals surface area contributed by atoms with E-state index in [0.717, 1.165) is 32.0 Å². The highest BCUT2D eigenvalue weighted by molar-refractivity contribution is 7.99. The smallest absolute Gasteiger partial charge is 0.277 e. The van der Waals surface area contributed by atoms with Gasteiger partial charge in [0.25, 0.3) is 11.1 Å². The quantitative estimate of drug-likeness (QED) is 0.207. The molecular weight excluding hydrogens is 464 g/mol. The van der Waals surface area contributed by atoms with Gasteiger partial charge in [-0.05, 0) is 61.9 Å². The zero-order chi connectivity index (χ0) is 22.2. The number of aromatic nitrogens is 4. The van der Waals surface area contributed by atoms with Crippen molar-refractivity contribution in [1.29, 1.82) is 0 Å². The number of thioether (sulfide) groups is 1. The Morgan fingerprint density at radius 1 is 1.16 bits per heavy atom. The van der Waals surface area contributed by atoms with E-state index in [2.05, 4.69) is 23.2 Å². The molecular formula is C23H17ClN4O2S2. The van der Waals surface area contributed by atoms with Crippen molar-refractivity contribution in [3.05, 3.63) is 76.7 Å². The summed E-state index contributed by atoms with van der Waals surface area (Å²) in [7, 11) is 0. The number of pyridine rings is 1. The van der Waals surface area contributed by atoms with Crippen LogP contribution in [0.2, 0.25) is 5.02 Å². The zero-order valence-corrected chi connectivity index (χ0v) is 19.6. The molecule has 9 heteroatoms. The summed E-state index contributed by atoms with van der Waals surface area (Å²) in [5, 5.41) is 10.4. The molecule has 32 heavy (non-hydrogen) atoms. The van der Waals surface area contributed by atoms with Gasteiger partial charge in [-0.25, -0.2) is 4.98 Å². The van der Waals surface area contributed by atoms with Gasteiger partial charge in [0.2, 0.25) is 0 Å². The molecule has 0 aliphatic carbocycles. The van der Waals surface area contributed by atoms with E-state index in [4.69, 9.17) is 21.0 Å². The minimum absolute atomic E-state index is 0.0309. The molecule has 0 fully saturated rings. The van der Waals surface area contributed by atoms with Crippen LogP contribution in [0, 0.1) is 13.8 Å². The lowest BCUT2D eigenvalue weighted by molar-refractivity contribution is 0.102. The molecule has 1 aromatic carbocycles. The number of thiophene rings is 1. The van der Waals surface area contributed by atoms with Gasteiger partial charge in [0.1, 0.15) is 9.71 Å². The molecule has 4 heterocycles. The van der Waals surface area contributed by atoms with Gasteiger partial charge in [-0.1, -0.05) is 23.4 Å². The summed E-state index contributed by atoms with van der Waals surface area (Å²) in [6.45, 7) is 4.07. The number of hydrogen-bond acceptors (Lipinski definition) is 7. The molecule has 0 saturated heterocycles. The van der Waals surface area contributed by atoms with Gasteiger partial charge in [0.05, 0.1) is 11.4 Å². The first-order valence-corrected chi connectivity index (χ1v) is 12.0. The number of fused-ring (bicyclic) bond motifs is 1. The topological polar surface area (TPSA) is 73.8 Å². The molecule has 160 valence electrons. The van der Waals surface area contributed by atoms with E-state index in [1.165, 1.54) is 23.1 Å². The van der Waals surface area contributed by atoms with E-state index in [1.807, 2.05) is 36.0 Å². The van der Waals surface area contributed by atoms with Crippen molar-refractivity contribution >= 4 is 50.7 Å². The summed E-state index contributed by atoms with van der Waals surface area (Å²) >= 11 is 8.63. The molecule has 0 spiro atoms. The van der Waals surface area contributed by atoms with Gasteiger partial charge in [0.15, 0.2) is 5.78 Å². The third-order valence-electron chi connectivity index (χ3n) is 4.92. The summed E-state index contributed by atoms with van der Waals surface area (Å²) in [4.78, 5) is 18.9. The standard InChI is InChI=1S/C23H17ClN4O2S2/c1-13-11-14(2)25-22-18(13)19(28-9-3-4-10-28)20(32-22)21-26-27-23(30-21)31-12-17(29)15-5-7-16(24)8-6-15/h3-11H,12H2,1-2H3. The van der Waals surface area contributed by atoms with Gasteiger partial charge in [0, 0.05) is 34.1 Å². The molecule has 4 aromatic heterocycles. The largest absolute Gasteiger partial charge is 0.410 e. The Bertz CT molecular complexity index is 1420. The third-order valence-corrected chi connectivity index (χ3v) is 7.05. The summed E-state index contributed by atoms with van der Waals surface area (Å²) in [6, 6.07) is 12.8. The molecule has 0 atom stereocenters. The van der Waals surface area contributed by atoms with Crippen LogP contribution in [0.3, 0.4) is 0 Å². The summed E-state index contributed by atoms with van der Waals surface area (Å²) in [6.07, 6.45) is 3.97. The van der Waals surface area contributed by atoms with Crippen LogP contribution in [-0.4, -0.2) is 31.3 Å². The van der Waals surface area contributed by atoms with Crippen molar-refractivity contribution in [2.75, 3.05) is 5.75 Å². The Morgan fingerprint density at radius 3 is 2.66 bits per heavy atom. The molecule has 0 N–H and O–H groups in total. The van der Waals surface area contributed by atoms with Gasteiger partial charge >= 0.3 is 0 Å². The fourth-order valence-corrected chi connectivity index (χ4v) is 5.50. The first kappa shape index (κ1) is 20.9. The summed E-state index contributed by atoms with van der Waals surface area (Å²) in [5.41, 5.74) is 3.67. The number of carbonyl (C=O) groups excluding carboxylic acids is 1. The van der Waals surface area contributed by atoms with Crippen LogP contribution in [0.15, 0.2) is 64.5 Å². The Hall–Kier alpha value is -2.94. The highest BCUT2D eigenvalue weighted by Crippen LogP contribution is 2.42. The maximum atomic E-state index is 12.4. The zero-order valence-electron chi connectivity index (χ0n) is 17.2. The predicted octanol–water partition coefficient (Wildman–Crippen LogP) is 6.38. The van der Waals surface area contributed by atoms with E-state index in [1.54, 1.807) is 24.3 Å². The van der Waals surface area contributed by atoms with E-state index in [9.17, 15) is 4.79 Å². The molecule has 0 amide bonds. The molecule has 5 rings (SSSR count). The van der Waals surface area contributed by atoms with Crippen LogP contribution in [0.4, 0.5) is 0 Å². The first-order chi connectivity index (χ1) is 15.5. The number of halogens is 1. The Labute approximate surface area is 197 Å². The number of Topliss-reactive ketones (excluding diaryl/α,β-unsaturated/α-hetero) is 1. The Kier molecular flexibility index (Phi) is 5.58. The maximum Gasteiger partial charge on any atom is 0.277 e. The van der Waals surface area contributed by atoms with E-state index in [0.29, 0.717) is 21.7 Å². The van der Waals surface area contributed by atoms with Crippen molar-refractivity contribution in [2.24, 2.45) is 0 Å². The van der Waals surface area contributed by atoms with Crippen LogP contribution < -0.4 is 0 Å². The first-order valence-electron chi connectivity index (χ1n) is 9.79. The average molecular weight is 481 g/mol. The predicted molar refractivity (Wildman–Crippen MR) is 128 cm³/mol. The number of nitrogens with zero attached hydrogens (tertiary/aromatic N) is 4. The second-order valence-corrected chi connectivity index (χ2v) is 9.58.